The van der Waals surface area contributed by atoms with Crippen LogP contribution in [0.4, 0.5) is 14.5 Å². The van der Waals surface area contributed by atoms with Crippen molar-refractivity contribution < 1.29 is 26.8 Å². The van der Waals surface area contributed by atoms with Crippen LogP contribution in [-0.4, -0.2) is 30.6 Å². The van der Waals surface area contributed by atoms with Gasteiger partial charge in [-0.3, -0.25) is 9.59 Å². The molecule has 3 rings (SSSR count). The van der Waals surface area contributed by atoms with E-state index in [9.17, 15) is 26.8 Å². The molecule has 1 aliphatic heterocycles. The van der Waals surface area contributed by atoms with Crippen LogP contribution in [-0.2, 0) is 14.8 Å². The van der Waals surface area contributed by atoms with Crippen LogP contribution in [0.3, 0.4) is 0 Å². The molecule has 1 N–H and O–H groups in total. The van der Waals surface area contributed by atoms with Gasteiger partial charge in [-0.05, 0) is 31.2 Å². The molecule has 0 aromatic heterocycles. The predicted octanol–water partition coefficient (Wildman–Crippen LogP) is 2.14. The van der Waals surface area contributed by atoms with Gasteiger partial charge in [0.05, 0.1) is 11.3 Å². The van der Waals surface area contributed by atoms with Gasteiger partial charge in [-0.2, -0.15) is 0 Å². The fourth-order valence-corrected chi connectivity index (χ4v) is 4.25. The number of rotatable bonds is 3. The number of carbonyl (C=O) groups is 2. The normalized spacial score (nSPS) is 16.4. The number of amides is 2. The molecule has 0 spiro atoms. The first kappa shape index (κ1) is 17.0. The Morgan fingerprint density at radius 3 is 2.48 bits per heavy atom. The fraction of sp³-hybridized carbons (Fsp3) is 0.125. The van der Waals surface area contributed by atoms with E-state index in [4.69, 9.17) is 0 Å². The highest BCUT2D eigenvalue weighted by Crippen LogP contribution is 2.32. The first-order valence-electron chi connectivity index (χ1n) is 7.17. The molecule has 1 heterocycles. The Hall–Kier alpha value is -2.81. The molecule has 2 aromatic carbocycles. The molecule has 6 nitrogen and oxygen atoms in total. The van der Waals surface area contributed by atoms with Gasteiger partial charge >= 0.3 is 0 Å². The van der Waals surface area contributed by atoms with Crippen molar-refractivity contribution in [2.24, 2.45) is 0 Å². The van der Waals surface area contributed by atoms with Gasteiger partial charge in [0, 0.05) is 6.07 Å². The highest BCUT2D eigenvalue weighted by Gasteiger charge is 2.45. The first-order valence-corrected chi connectivity index (χ1v) is 8.61. The highest BCUT2D eigenvalue weighted by molar-refractivity contribution is 7.90. The van der Waals surface area contributed by atoms with Crippen LogP contribution in [0, 0.1) is 11.6 Å². The zero-order valence-electron chi connectivity index (χ0n) is 12.9. The Balaban J connectivity index is 1.89. The Morgan fingerprint density at radius 2 is 1.84 bits per heavy atom. The molecule has 2 amide bonds. The van der Waals surface area contributed by atoms with Crippen LogP contribution >= 0.6 is 0 Å². The molecule has 1 aliphatic rings. The molecular formula is C16H12F2N2O4S. The number of halogens is 2. The summed E-state index contributed by atoms with van der Waals surface area (Å²) < 4.78 is 52.0. The second kappa shape index (κ2) is 5.92. The Bertz CT molecular complexity index is 991. The van der Waals surface area contributed by atoms with E-state index in [0.29, 0.717) is 10.4 Å². The van der Waals surface area contributed by atoms with Crippen LogP contribution in [0.1, 0.15) is 17.3 Å². The quantitative estimate of drug-likeness (QED) is 0.902. The van der Waals surface area contributed by atoms with Gasteiger partial charge in [0.1, 0.15) is 22.6 Å². The minimum atomic E-state index is -4.18. The molecule has 0 saturated carbocycles. The molecule has 0 radical (unpaired) electrons. The summed E-state index contributed by atoms with van der Waals surface area (Å²) in [6, 6.07) is 6.69. The van der Waals surface area contributed by atoms with Crippen LogP contribution in [0.5, 0.6) is 0 Å². The number of hydrogen-bond donors (Lipinski definition) is 1. The maximum Gasteiger partial charge on any atom is 0.269 e. The smallest absolute Gasteiger partial charge is 0.269 e. The van der Waals surface area contributed by atoms with E-state index in [1.807, 2.05) is 0 Å². The number of hydrogen-bond acceptors (Lipinski definition) is 4. The summed E-state index contributed by atoms with van der Waals surface area (Å²) in [7, 11) is -4.18. The number of anilines is 1. The molecule has 1 atom stereocenters. The van der Waals surface area contributed by atoms with Crippen molar-refractivity contribution in [3.63, 3.8) is 0 Å². The highest BCUT2D eigenvalue weighted by atomic mass is 32.2. The lowest BCUT2D eigenvalue weighted by Gasteiger charge is -2.22. The topological polar surface area (TPSA) is 83.6 Å². The van der Waals surface area contributed by atoms with Gasteiger partial charge in [-0.15, -0.1) is 0 Å². The van der Waals surface area contributed by atoms with Crippen LogP contribution in [0.2, 0.25) is 0 Å². The molecule has 0 aliphatic carbocycles. The third-order valence-electron chi connectivity index (χ3n) is 3.77. The molecule has 25 heavy (non-hydrogen) atoms. The van der Waals surface area contributed by atoms with Crippen molar-refractivity contribution in [1.29, 1.82) is 0 Å². The Labute approximate surface area is 142 Å². The number of nitrogens with one attached hydrogen (secondary N) is 1. The maximum atomic E-state index is 13.6. The summed E-state index contributed by atoms with van der Waals surface area (Å²) >= 11 is 0. The van der Waals surface area contributed by atoms with Gasteiger partial charge < -0.3 is 5.32 Å². The third kappa shape index (κ3) is 2.76. The van der Waals surface area contributed by atoms with E-state index in [2.05, 4.69) is 5.32 Å². The largest absolute Gasteiger partial charge is 0.322 e. The van der Waals surface area contributed by atoms with Crippen molar-refractivity contribution in [3.8, 4) is 0 Å². The second-order valence-corrected chi connectivity index (χ2v) is 7.17. The van der Waals surface area contributed by atoms with Gasteiger partial charge in [0.15, 0.2) is 0 Å². The SMILES string of the molecule is C[C@H](C(=O)Nc1ccc(F)cc1F)N1C(=O)c2ccccc2S1(=O)=O. The lowest BCUT2D eigenvalue weighted by Crippen LogP contribution is -2.45. The Kier molecular flexibility index (Phi) is 4.03. The molecule has 9 heteroatoms. The van der Waals surface area contributed by atoms with Gasteiger partial charge in [-0.1, -0.05) is 12.1 Å². The van der Waals surface area contributed by atoms with Gasteiger partial charge in [0.25, 0.3) is 15.9 Å². The van der Waals surface area contributed by atoms with Crippen LogP contribution < -0.4 is 5.32 Å². The maximum absolute atomic E-state index is 13.6. The fourth-order valence-electron chi connectivity index (χ4n) is 2.52. The van der Waals surface area contributed by atoms with Crippen molar-refractivity contribution >= 4 is 27.5 Å². The average molecular weight is 366 g/mol. The molecular weight excluding hydrogens is 354 g/mol. The zero-order valence-corrected chi connectivity index (χ0v) is 13.7. The van der Waals surface area contributed by atoms with E-state index in [1.54, 1.807) is 0 Å². The number of carbonyl (C=O) groups excluding carboxylic acids is 2. The van der Waals surface area contributed by atoms with Crippen LogP contribution in [0.25, 0.3) is 0 Å². The monoisotopic (exact) mass is 366 g/mol. The van der Waals surface area contributed by atoms with E-state index in [-0.39, 0.29) is 16.1 Å². The summed E-state index contributed by atoms with van der Waals surface area (Å²) in [5, 5.41) is 2.16. The molecule has 130 valence electrons. The lowest BCUT2D eigenvalue weighted by atomic mass is 10.2. The standard InChI is InChI=1S/C16H12F2N2O4S/c1-9(15(21)19-13-7-6-10(17)8-12(13)18)20-16(22)11-4-2-3-5-14(11)25(20,23)24/h2-9H,1H3,(H,19,21)/t9-/m1/s1. The number of sulfonamides is 1. The van der Waals surface area contributed by atoms with Crippen molar-refractivity contribution in [1.82, 2.24) is 4.31 Å². The van der Waals surface area contributed by atoms with E-state index >= 15 is 0 Å². The molecule has 0 fully saturated rings. The summed E-state index contributed by atoms with van der Waals surface area (Å²) in [6.45, 7) is 1.21. The van der Waals surface area contributed by atoms with Gasteiger partial charge in [0.2, 0.25) is 5.91 Å². The van der Waals surface area contributed by atoms with Crippen molar-refractivity contribution in [3.05, 3.63) is 59.7 Å². The minimum absolute atomic E-state index is 0.0323. The summed E-state index contributed by atoms with van der Waals surface area (Å²) in [5.74, 6) is -3.59. The van der Waals surface area contributed by atoms with E-state index in [1.165, 1.54) is 31.2 Å². The lowest BCUT2D eigenvalue weighted by molar-refractivity contribution is -0.118. The first-order chi connectivity index (χ1) is 11.7. The van der Waals surface area contributed by atoms with E-state index in [0.717, 1.165) is 12.1 Å². The summed E-state index contributed by atoms with van der Waals surface area (Å²) in [6.07, 6.45) is 0. The number of fused-ring (bicyclic) bond motifs is 1. The zero-order chi connectivity index (χ0) is 18.4. The summed E-state index contributed by atoms with van der Waals surface area (Å²) in [4.78, 5) is 24.5. The molecule has 2 aromatic rings. The molecule has 0 unspecified atom stereocenters. The average Bonchev–Trinajstić information content (AvgIpc) is 2.76. The van der Waals surface area contributed by atoms with E-state index < -0.39 is 39.5 Å². The predicted molar refractivity (Wildman–Crippen MR) is 84.2 cm³/mol. The number of nitrogens with zero attached hydrogens (tertiary/aromatic N) is 1. The van der Waals surface area contributed by atoms with Crippen molar-refractivity contribution in [2.45, 2.75) is 17.9 Å². The Morgan fingerprint density at radius 1 is 1.16 bits per heavy atom. The number of benzene rings is 2. The van der Waals surface area contributed by atoms with Crippen molar-refractivity contribution in [2.75, 3.05) is 5.32 Å². The van der Waals surface area contributed by atoms with Crippen LogP contribution in [0.15, 0.2) is 47.4 Å². The minimum Gasteiger partial charge on any atom is -0.322 e. The molecule has 0 saturated heterocycles. The second-order valence-electron chi connectivity index (χ2n) is 5.39. The molecule has 0 bridgehead atoms. The summed E-state index contributed by atoms with van der Waals surface area (Å²) in [5.41, 5.74) is -0.352. The van der Waals surface area contributed by atoms with Gasteiger partial charge in [-0.25, -0.2) is 21.5 Å². The third-order valence-corrected chi connectivity index (χ3v) is 5.69.